The van der Waals surface area contributed by atoms with Crippen molar-refractivity contribution in [1.29, 1.82) is 0 Å². The zero-order valence-electron chi connectivity index (χ0n) is 22.0. The number of carbonyl (C=O) groups is 1. The Balaban J connectivity index is 1.68. The smallest absolute Gasteiger partial charge is 0.310 e. The van der Waals surface area contributed by atoms with Crippen LogP contribution in [0, 0.1) is 0 Å². The maximum Gasteiger partial charge on any atom is 0.310 e. The van der Waals surface area contributed by atoms with E-state index < -0.39 is 0 Å². The topological polar surface area (TPSA) is 108 Å². The largest absolute Gasteiger partial charge is 0.496 e. The van der Waals surface area contributed by atoms with Crippen LogP contribution in [0.3, 0.4) is 0 Å². The molecule has 0 fully saturated rings. The van der Waals surface area contributed by atoms with Crippen LogP contribution < -0.4 is 15.8 Å². The fraction of sp³-hybridized carbons (Fsp3) is 0.519. The van der Waals surface area contributed by atoms with E-state index in [-0.39, 0.29) is 18.3 Å². The molecule has 0 unspecified atom stereocenters. The molecule has 0 saturated carbocycles. The van der Waals surface area contributed by atoms with Crippen LogP contribution in [-0.2, 0) is 22.5 Å². The average molecular weight is 497 g/mol. The lowest BCUT2D eigenvalue weighted by atomic mass is 10.1. The van der Waals surface area contributed by atoms with Gasteiger partial charge in [-0.15, -0.1) is 0 Å². The van der Waals surface area contributed by atoms with E-state index in [0.29, 0.717) is 13.2 Å². The van der Waals surface area contributed by atoms with Gasteiger partial charge in [-0.3, -0.25) is 4.79 Å². The van der Waals surface area contributed by atoms with Gasteiger partial charge in [0.15, 0.2) is 5.82 Å². The quantitative estimate of drug-likeness (QED) is 0.239. The first-order valence-electron chi connectivity index (χ1n) is 12.7. The minimum atomic E-state index is -0.223. The first-order chi connectivity index (χ1) is 17.4. The van der Waals surface area contributed by atoms with Crippen molar-refractivity contribution >= 4 is 28.8 Å². The summed E-state index contributed by atoms with van der Waals surface area (Å²) < 4.78 is 13.2. The summed E-state index contributed by atoms with van der Waals surface area (Å²) in [6, 6.07) is 7.80. The highest BCUT2D eigenvalue weighted by atomic mass is 16.5. The second-order valence-corrected chi connectivity index (χ2v) is 9.30. The molecule has 36 heavy (non-hydrogen) atoms. The fourth-order valence-electron chi connectivity index (χ4n) is 4.11. The van der Waals surface area contributed by atoms with Crippen LogP contribution in [-0.4, -0.2) is 66.3 Å². The molecule has 3 N–H and O–H groups in total. The van der Waals surface area contributed by atoms with Crippen molar-refractivity contribution in [2.24, 2.45) is 0 Å². The second kappa shape index (κ2) is 13.7. The highest BCUT2D eigenvalue weighted by Gasteiger charge is 2.14. The molecule has 9 nitrogen and oxygen atoms in total. The van der Waals surface area contributed by atoms with Crippen molar-refractivity contribution in [3.8, 4) is 5.75 Å². The third-order valence-electron chi connectivity index (χ3n) is 6.00. The number of anilines is 2. The van der Waals surface area contributed by atoms with Crippen LogP contribution in [0.5, 0.6) is 5.75 Å². The number of nitrogens with two attached hydrogens (primary N) is 1. The highest BCUT2D eigenvalue weighted by molar-refractivity contribution is 5.87. The Morgan fingerprint density at radius 2 is 1.97 bits per heavy atom. The maximum atomic E-state index is 12.3. The van der Waals surface area contributed by atoms with Crippen LogP contribution in [0.4, 0.5) is 11.8 Å². The summed E-state index contributed by atoms with van der Waals surface area (Å²) in [6.45, 7) is 5.02. The number of nitrogens with zero attached hydrogens (tertiary/aromatic N) is 4. The molecule has 0 spiro atoms. The standard InChI is InChI=1S/C27H40N6O3/c1-5-6-7-13-29-26-25-22(30-27(28)31-26)12-15-33(25)19-21-11-10-20(17-23(21)35-4)18-24(34)36-16-9-8-14-32(2)3/h10-12,15,17H,5-9,13-14,16,18-19H2,1-4H3,(H3,28,29,30,31). The summed E-state index contributed by atoms with van der Waals surface area (Å²) in [5, 5.41) is 3.43. The fourth-order valence-corrected chi connectivity index (χ4v) is 4.11. The number of benzene rings is 1. The van der Waals surface area contributed by atoms with Gasteiger partial charge in [0.1, 0.15) is 11.3 Å². The summed E-state index contributed by atoms with van der Waals surface area (Å²) in [6.07, 6.45) is 7.45. The van der Waals surface area contributed by atoms with Crippen LogP contribution in [0.2, 0.25) is 0 Å². The van der Waals surface area contributed by atoms with E-state index in [1.54, 1.807) is 7.11 Å². The Morgan fingerprint density at radius 1 is 1.14 bits per heavy atom. The van der Waals surface area contributed by atoms with Crippen molar-refractivity contribution < 1.29 is 14.3 Å². The Bertz CT molecular complexity index is 1130. The molecule has 196 valence electrons. The van der Waals surface area contributed by atoms with Crippen LogP contribution >= 0.6 is 0 Å². The molecule has 0 aliphatic heterocycles. The van der Waals surface area contributed by atoms with Gasteiger partial charge in [-0.25, -0.2) is 4.98 Å². The van der Waals surface area contributed by atoms with Crippen molar-refractivity contribution in [2.75, 3.05) is 52.0 Å². The number of hydrogen-bond acceptors (Lipinski definition) is 8. The summed E-state index contributed by atoms with van der Waals surface area (Å²) in [4.78, 5) is 23.3. The van der Waals surface area contributed by atoms with Crippen molar-refractivity contribution in [2.45, 2.75) is 52.0 Å². The normalized spacial score (nSPS) is 11.2. The lowest BCUT2D eigenvalue weighted by Gasteiger charge is -2.14. The van der Waals surface area contributed by atoms with E-state index >= 15 is 0 Å². The SMILES string of the molecule is CCCCCNc1nc(N)nc2ccn(Cc3ccc(CC(=O)OCCCCN(C)C)cc3OC)c12. The minimum Gasteiger partial charge on any atom is -0.496 e. The summed E-state index contributed by atoms with van der Waals surface area (Å²) in [5.41, 5.74) is 9.50. The van der Waals surface area contributed by atoms with Gasteiger partial charge in [-0.2, -0.15) is 4.98 Å². The Hall–Kier alpha value is -3.33. The predicted molar refractivity (Wildman–Crippen MR) is 145 cm³/mol. The first-order valence-corrected chi connectivity index (χ1v) is 12.7. The van der Waals surface area contributed by atoms with E-state index in [2.05, 4.69) is 31.7 Å². The van der Waals surface area contributed by atoms with Crippen molar-refractivity contribution in [3.63, 3.8) is 0 Å². The zero-order valence-corrected chi connectivity index (χ0v) is 22.0. The number of rotatable bonds is 15. The minimum absolute atomic E-state index is 0.218. The zero-order chi connectivity index (χ0) is 25.9. The number of esters is 1. The molecule has 2 heterocycles. The monoisotopic (exact) mass is 496 g/mol. The molecular formula is C27H40N6O3. The average Bonchev–Trinajstić information content (AvgIpc) is 3.24. The van der Waals surface area contributed by atoms with E-state index in [1.165, 1.54) is 0 Å². The molecule has 0 amide bonds. The molecule has 0 radical (unpaired) electrons. The van der Waals surface area contributed by atoms with Crippen LogP contribution in [0.1, 0.15) is 50.2 Å². The number of nitrogen functional groups attached to an aromatic ring is 1. The number of ether oxygens (including phenoxy) is 2. The van der Waals surface area contributed by atoms with Crippen LogP contribution in [0.25, 0.3) is 11.0 Å². The number of aromatic nitrogens is 3. The summed E-state index contributed by atoms with van der Waals surface area (Å²) in [5.74, 6) is 1.49. The summed E-state index contributed by atoms with van der Waals surface area (Å²) >= 11 is 0. The van der Waals surface area contributed by atoms with Gasteiger partial charge in [0.05, 0.1) is 32.2 Å². The number of carbonyl (C=O) groups excluding carboxylic acids is 1. The number of fused-ring (bicyclic) bond motifs is 1. The van der Waals surface area contributed by atoms with Gasteiger partial charge in [0, 0.05) is 18.3 Å². The van der Waals surface area contributed by atoms with E-state index in [0.717, 1.165) is 78.9 Å². The first kappa shape index (κ1) is 27.3. The van der Waals surface area contributed by atoms with E-state index in [1.807, 2.05) is 44.6 Å². The van der Waals surface area contributed by atoms with Gasteiger partial charge >= 0.3 is 5.97 Å². The number of methoxy groups -OCH3 is 1. The van der Waals surface area contributed by atoms with Crippen molar-refractivity contribution in [1.82, 2.24) is 19.4 Å². The second-order valence-electron chi connectivity index (χ2n) is 9.30. The number of hydrogen-bond donors (Lipinski definition) is 2. The van der Waals surface area contributed by atoms with Gasteiger partial charge < -0.3 is 30.0 Å². The Morgan fingerprint density at radius 3 is 2.72 bits per heavy atom. The van der Waals surface area contributed by atoms with Crippen molar-refractivity contribution in [3.05, 3.63) is 41.6 Å². The molecule has 0 aliphatic rings. The highest BCUT2D eigenvalue weighted by Crippen LogP contribution is 2.27. The lowest BCUT2D eigenvalue weighted by molar-refractivity contribution is -0.142. The molecule has 0 atom stereocenters. The molecule has 0 saturated heterocycles. The Kier molecular flexibility index (Phi) is 10.4. The maximum absolute atomic E-state index is 12.3. The van der Waals surface area contributed by atoms with E-state index in [4.69, 9.17) is 15.2 Å². The van der Waals surface area contributed by atoms with Gasteiger partial charge in [-0.1, -0.05) is 31.9 Å². The summed E-state index contributed by atoms with van der Waals surface area (Å²) in [7, 11) is 5.72. The molecule has 1 aromatic carbocycles. The van der Waals surface area contributed by atoms with Gasteiger partial charge in [0.25, 0.3) is 0 Å². The van der Waals surface area contributed by atoms with E-state index in [9.17, 15) is 4.79 Å². The molecule has 3 rings (SSSR count). The molecule has 3 aromatic rings. The predicted octanol–water partition coefficient (Wildman–Crippen LogP) is 4.10. The Labute approximate surface area is 214 Å². The van der Waals surface area contributed by atoms with Gasteiger partial charge in [-0.05, 0) is 57.6 Å². The third-order valence-corrected chi connectivity index (χ3v) is 6.00. The van der Waals surface area contributed by atoms with Crippen LogP contribution in [0.15, 0.2) is 30.5 Å². The molecular weight excluding hydrogens is 456 g/mol. The number of unbranched alkanes of at least 4 members (excludes halogenated alkanes) is 3. The third kappa shape index (κ3) is 7.84. The lowest BCUT2D eigenvalue weighted by Crippen LogP contribution is -2.14. The molecule has 9 heteroatoms. The molecule has 0 aliphatic carbocycles. The number of nitrogens with one attached hydrogen (secondary N) is 1. The molecule has 2 aromatic heterocycles. The van der Waals surface area contributed by atoms with Gasteiger partial charge in [0.2, 0.25) is 5.95 Å². The molecule has 0 bridgehead atoms.